The molecular formula is C16H14O4. The van der Waals surface area contributed by atoms with Crippen molar-refractivity contribution in [3.63, 3.8) is 0 Å². The quantitative estimate of drug-likeness (QED) is 0.875. The molecule has 1 unspecified atom stereocenters. The first-order valence-corrected chi connectivity index (χ1v) is 6.18. The van der Waals surface area contributed by atoms with E-state index in [2.05, 4.69) is 0 Å². The number of carboxylic acid groups (broad SMARTS) is 2. The zero-order valence-electron chi connectivity index (χ0n) is 10.7. The number of benzene rings is 2. The van der Waals surface area contributed by atoms with E-state index in [1.54, 1.807) is 12.1 Å². The number of rotatable bonds is 5. The highest BCUT2D eigenvalue weighted by atomic mass is 16.4. The zero-order valence-corrected chi connectivity index (χ0v) is 10.7. The molecule has 2 N–H and O–H groups in total. The molecule has 2 aromatic rings. The summed E-state index contributed by atoms with van der Waals surface area (Å²) in [5, 5.41) is 18.2. The van der Waals surface area contributed by atoms with Crippen molar-refractivity contribution in [2.24, 2.45) is 0 Å². The lowest BCUT2D eigenvalue weighted by Gasteiger charge is -2.15. The van der Waals surface area contributed by atoms with Crippen molar-refractivity contribution in [1.82, 2.24) is 0 Å². The van der Waals surface area contributed by atoms with E-state index < -0.39 is 24.3 Å². The molecule has 4 nitrogen and oxygen atoms in total. The minimum absolute atomic E-state index is 0.431. The van der Waals surface area contributed by atoms with Crippen LogP contribution in [0.5, 0.6) is 0 Å². The van der Waals surface area contributed by atoms with Crippen LogP contribution in [0.1, 0.15) is 17.9 Å². The first kappa shape index (κ1) is 13.8. The van der Waals surface area contributed by atoms with Gasteiger partial charge in [-0.15, -0.1) is 0 Å². The number of hydrogen-bond donors (Lipinski definition) is 2. The van der Waals surface area contributed by atoms with Crippen LogP contribution in [0.15, 0.2) is 54.6 Å². The summed E-state index contributed by atoms with van der Waals surface area (Å²) in [6.07, 6.45) is -0.431. The zero-order chi connectivity index (χ0) is 14.5. The Labute approximate surface area is 116 Å². The fourth-order valence-electron chi connectivity index (χ4n) is 2.19. The summed E-state index contributed by atoms with van der Waals surface area (Å²) >= 11 is 0. The molecule has 0 aliphatic heterocycles. The van der Waals surface area contributed by atoms with Gasteiger partial charge in [-0.1, -0.05) is 54.6 Å². The Balaban J connectivity index is 2.51. The molecule has 0 radical (unpaired) electrons. The lowest BCUT2D eigenvalue weighted by Crippen LogP contribution is -2.16. The molecule has 1 atom stereocenters. The van der Waals surface area contributed by atoms with Crippen LogP contribution in [0.3, 0.4) is 0 Å². The van der Waals surface area contributed by atoms with Gasteiger partial charge in [0.2, 0.25) is 0 Å². The molecule has 0 aliphatic rings. The lowest BCUT2D eigenvalue weighted by molar-refractivity contribution is -0.145. The lowest BCUT2D eigenvalue weighted by atomic mass is 9.88. The monoisotopic (exact) mass is 270 g/mol. The molecule has 0 saturated heterocycles. The molecule has 2 rings (SSSR count). The highest BCUT2D eigenvalue weighted by Crippen LogP contribution is 2.31. The van der Waals surface area contributed by atoms with Gasteiger partial charge in [-0.3, -0.25) is 9.59 Å². The predicted octanol–water partition coefficient (Wildman–Crippen LogP) is 3.00. The Morgan fingerprint density at radius 3 is 2.10 bits per heavy atom. The van der Waals surface area contributed by atoms with Crippen molar-refractivity contribution >= 4 is 11.9 Å². The fourth-order valence-corrected chi connectivity index (χ4v) is 2.19. The Bertz CT molecular complexity index is 619. The Morgan fingerprint density at radius 2 is 1.50 bits per heavy atom. The topological polar surface area (TPSA) is 74.6 Å². The second-order valence-electron chi connectivity index (χ2n) is 4.44. The maximum absolute atomic E-state index is 11.4. The van der Waals surface area contributed by atoms with E-state index in [-0.39, 0.29) is 0 Å². The van der Waals surface area contributed by atoms with Gasteiger partial charge in [-0.25, -0.2) is 0 Å². The third-order valence-electron chi connectivity index (χ3n) is 3.10. The molecule has 0 amide bonds. The summed E-state index contributed by atoms with van der Waals surface area (Å²) in [7, 11) is 0. The van der Waals surface area contributed by atoms with Crippen LogP contribution in [0.4, 0.5) is 0 Å². The van der Waals surface area contributed by atoms with E-state index in [9.17, 15) is 14.7 Å². The average Bonchev–Trinajstić information content (AvgIpc) is 2.45. The molecule has 0 aliphatic carbocycles. The van der Waals surface area contributed by atoms with Gasteiger partial charge in [0.1, 0.15) is 0 Å². The molecular weight excluding hydrogens is 256 g/mol. The molecule has 0 aromatic heterocycles. The third-order valence-corrected chi connectivity index (χ3v) is 3.10. The molecule has 0 bridgehead atoms. The largest absolute Gasteiger partial charge is 0.481 e. The molecule has 0 saturated carbocycles. The number of carbonyl (C=O) groups is 2. The third kappa shape index (κ3) is 3.03. The van der Waals surface area contributed by atoms with E-state index >= 15 is 0 Å². The summed E-state index contributed by atoms with van der Waals surface area (Å²) in [6.45, 7) is 0. The molecule has 20 heavy (non-hydrogen) atoms. The molecule has 0 spiro atoms. The van der Waals surface area contributed by atoms with Crippen LogP contribution in [0.2, 0.25) is 0 Å². The number of carboxylic acids is 2. The van der Waals surface area contributed by atoms with E-state index in [1.807, 2.05) is 42.5 Å². The van der Waals surface area contributed by atoms with Crippen LogP contribution in [0.25, 0.3) is 11.1 Å². The SMILES string of the molecule is O=C(O)CC(C(=O)O)c1ccccc1-c1ccccc1. The van der Waals surface area contributed by atoms with Gasteiger partial charge in [0, 0.05) is 0 Å². The Morgan fingerprint density at radius 1 is 0.900 bits per heavy atom. The predicted molar refractivity (Wildman–Crippen MR) is 74.5 cm³/mol. The van der Waals surface area contributed by atoms with Gasteiger partial charge < -0.3 is 10.2 Å². The van der Waals surface area contributed by atoms with Crippen molar-refractivity contribution in [3.8, 4) is 11.1 Å². The van der Waals surface area contributed by atoms with Crippen LogP contribution < -0.4 is 0 Å². The van der Waals surface area contributed by atoms with Gasteiger partial charge in [0.15, 0.2) is 0 Å². The maximum atomic E-state index is 11.4. The van der Waals surface area contributed by atoms with Crippen molar-refractivity contribution < 1.29 is 19.8 Å². The second kappa shape index (κ2) is 6.02. The molecule has 2 aromatic carbocycles. The second-order valence-corrected chi connectivity index (χ2v) is 4.44. The summed E-state index contributed by atoms with van der Waals surface area (Å²) in [4.78, 5) is 22.2. The van der Waals surface area contributed by atoms with Crippen molar-refractivity contribution in [1.29, 1.82) is 0 Å². The number of aliphatic carboxylic acids is 2. The van der Waals surface area contributed by atoms with Crippen LogP contribution >= 0.6 is 0 Å². The van der Waals surface area contributed by atoms with E-state index in [0.29, 0.717) is 5.56 Å². The van der Waals surface area contributed by atoms with Gasteiger partial charge in [-0.05, 0) is 16.7 Å². The van der Waals surface area contributed by atoms with Gasteiger partial charge in [0.05, 0.1) is 12.3 Å². The van der Waals surface area contributed by atoms with Crippen molar-refractivity contribution in [3.05, 3.63) is 60.2 Å². The highest BCUT2D eigenvalue weighted by molar-refractivity contribution is 5.85. The smallest absolute Gasteiger partial charge is 0.311 e. The van der Waals surface area contributed by atoms with Crippen LogP contribution in [0, 0.1) is 0 Å². The Kier molecular flexibility index (Phi) is 4.15. The summed E-state index contributed by atoms with van der Waals surface area (Å²) in [5.74, 6) is -3.31. The van der Waals surface area contributed by atoms with E-state index in [0.717, 1.165) is 11.1 Å². The standard InChI is InChI=1S/C16H14O4/c17-15(18)10-14(16(19)20)13-9-5-4-8-12(13)11-6-2-1-3-7-11/h1-9,14H,10H2,(H,17,18)(H,19,20). The van der Waals surface area contributed by atoms with Gasteiger partial charge in [-0.2, -0.15) is 0 Å². The van der Waals surface area contributed by atoms with Gasteiger partial charge in [0.25, 0.3) is 0 Å². The number of hydrogen-bond acceptors (Lipinski definition) is 2. The minimum Gasteiger partial charge on any atom is -0.481 e. The maximum Gasteiger partial charge on any atom is 0.311 e. The van der Waals surface area contributed by atoms with Crippen molar-refractivity contribution in [2.45, 2.75) is 12.3 Å². The van der Waals surface area contributed by atoms with Gasteiger partial charge >= 0.3 is 11.9 Å². The Hall–Kier alpha value is -2.62. The fraction of sp³-hybridized carbons (Fsp3) is 0.125. The van der Waals surface area contributed by atoms with E-state index in [1.165, 1.54) is 0 Å². The molecule has 102 valence electrons. The minimum atomic E-state index is -1.13. The first-order chi connectivity index (χ1) is 9.59. The van der Waals surface area contributed by atoms with E-state index in [4.69, 9.17) is 5.11 Å². The normalized spacial score (nSPS) is 11.8. The first-order valence-electron chi connectivity index (χ1n) is 6.18. The highest BCUT2D eigenvalue weighted by Gasteiger charge is 2.25. The summed E-state index contributed by atoms with van der Waals surface area (Å²) in [6, 6.07) is 16.4. The van der Waals surface area contributed by atoms with Crippen LogP contribution in [-0.2, 0) is 9.59 Å². The van der Waals surface area contributed by atoms with Crippen molar-refractivity contribution in [2.75, 3.05) is 0 Å². The van der Waals surface area contributed by atoms with Crippen LogP contribution in [-0.4, -0.2) is 22.2 Å². The molecule has 0 heterocycles. The average molecular weight is 270 g/mol. The summed E-state index contributed by atoms with van der Waals surface area (Å²) in [5.41, 5.74) is 2.15. The summed E-state index contributed by atoms with van der Waals surface area (Å²) < 4.78 is 0. The molecule has 4 heteroatoms. The molecule has 0 fully saturated rings.